The van der Waals surface area contributed by atoms with Gasteiger partial charge >= 0.3 is 0 Å². The fraction of sp³-hybridized carbons (Fsp3) is 0.650. The van der Waals surface area contributed by atoms with Gasteiger partial charge in [0.1, 0.15) is 0 Å². The zero-order chi connectivity index (χ0) is 18.7. The third-order valence-electron chi connectivity index (χ3n) is 4.57. The molecule has 0 saturated heterocycles. The van der Waals surface area contributed by atoms with Crippen molar-refractivity contribution in [3.05, 3.63) is 23.0 Å². The summed E-state index contributed by atoms with van der Waals surface area (Å²) < 4.78 is 1.76. The molecule has 25 heavy (non-hydrogen) atoms. The summed E-state index contributed by atoms with van der Waals surface area (Å²) in [6, 6.07) is 1.91. The van der Waals surface area contributed by atoms with Gasteiger partial charge in [0, 0.05) is 25.8 Å². The van der Waals surface area contributed by atoms with Gasteiger partial charge in [-0.15, -0.1) is 0 Å². The van der Waals surface area contributed by atoms with Gasteiger partial charge in [-0.2, -0.15) is 5.10 Å². The van der Waals surface area contributed by atoms with Gasteiger partial charge in [0.2, 0.25) is 0 Å². The monoisotopic (exact) mass is 344 g/mol. The van der Waals surface area contributed by atoms with Gasteiger partial charge in [0.15, 0.2) is 5.65 Å². The molecule has 2 aromatic heterocycles. The Labute approximate surface area is 151 Å². The van der Waals surface area contributed by atoms with Crippen LogP contribution in [-0.4, -0.2) is 38.7 Å². The number of nitrogens with zero attached hydrogens (tertiary/aromatic N) is 4. The van der Waals surface area contributed by atoms with Crippen LogP contribution in [0.5, 0.6) is 0 Å². The number of carbonyl (C=O) groups excluding carboxylic acids is 1. The van der Waals surface area contributed by atoms with Crippen LogP contribution >= 0.6 is 0 Å². The van der Waals surface area contributed by atoms with Crippen LogP contribution in [0, 0.1) is 25.7 Å². The molecule has 5 heteroatoms. The van der Waals surface area contributed by atoms with Crippen molar-refractivity contribution in [2.75, 3.05) is 13.1 Å². The quantitative estimate of drug-likeness (QED) is 0.759. The Kier molecular flexibility index (Phi) is 6.20. The molecular formula is C20H32N4O. The molecule has 2 heterocycles. The van der Waals surface area contributed by atoms with Crippen molar-refractivity contribution in [1.29, 1.82) is 0 Å². The Hall–Kier alpha value is -1.91. The number of rotatable bonds is 7. The van der Waals surface area contributed by atoms with E-state index in [2.05, 4.69) is 37.8 Å². The summed E-state index contributed by atoms with van der Waals surface area (Å²) in [4.78, 5) is 19.9. The summed E-state index contributed by atoms with van der Waals surface area (Å²) in [5.74, 6) is 1.26. The summed E-state index contributed by atoms with van der Waals surface area (Å²) in [6.45, 7) is 14.3. The molecular weight excluding hydrogens is 312 g/mol. The Balaban J connectivity index is 2.41. The van der Waals surface area contributed by atoms with Crippen LogP contribution in [0.25, 0.3) is 11.0 Å². The van der Waals surface area contributed by atoms with Crippen molar-refractivity contribution in [1.82, 2.24) is 19.7 Å². The minimum atomic E-state index is 0.105. The van der Waals surface area contributed by atoms with Crippen LogP contribution in [-0.2, 0) is 7.05 Å². The molecule has 0 fully saturated rings. The van der Waals surface area contributed by atoms with Crippen LogP contribution in [0.4, 0.5) is 0 Å². The van der Waals surface area contributed by atoms with Gasteiger partial charge in [-0.25, -0.2) is 4.98 Å². The van der Waals surface area contributed by atoms with E-state index in [0.29, 0.717) is 11.8 Å². The molecule has 5 nitrogen and oxygen atoms in total. The molecule has 0 radical (unpaired) electrons. The van der Waals surface area contributed by atoms with E-state index in [1.165, 1.54) is 0 Å². The predicted octanol–water partition coefficient (Wildman–Crippen LogP) is 4.12. The molecule has 0 saturated carbocycles. The molecule has 0 bridgehead atoms. The first kappa shape index (κ1) is 19.4. The number of hydrogen-bond donors (Lipinski definition) is 0. The van der Waals surface area contributed by atoms with Crippen LogP contribution in [0.15, 0.2) is 6.07 Å². The highest BCUT2D eigenvalue weighted by Crippen LogP contribution is 2.23. The molecule has 0 aliphatic carbocycles. The molecule has 1 amide bonds. The second kappa shape index (κ2) is 7.98. The molecule has 0 aliphatic rings. The highest BCUT2D eigenvalue weighted by Gasteiger charge is 2.22. The Bertz CT molecular complexity index is 734. The molecule has 0 atom stereocenters. The minimum absolute atomic E-state index is 0.105. The molecule has 0 spiro atoms. The topological polar surface area (TPSA) is 51.0 Å². The average Bonchev–Trinajstić information content (AvgIpc) is 2.80. The van der Waals surface area contributed by atoms with Crippen molar-refractivity contribution in [2.24, 2.45) is 18.9 Å². The van der Waals surface area contributed by atoms with Crippen molar-refractivity contribution in [3.63, 3.8) is 0 Å². The first-order valence-electron chi connectivity index (χ1n) is 9.31. The van der Waals surface area contributed by atoms with Crippen molar-refractivity contribution in [3.8, 4) is 0 Å². The van der Waals surface area contributed by atoms with Crippen LogP contribution in [0.2, 0.25) is 0 Å². The van der Waals surface area contributed by atoms with Crippen LogP contribution in [0.3, 0.4) is 0 Å². The summed E-state index contributed by atoms with van der Waals surface area (Å²) in [7, 11) is 1.88. The maximum atomic E-state index is 13.4. The maximum Gasteiger partial charge on any atom is 0.254 e. The van der Waals surface area contributed by atoms with Gasteiger partial charge in [0.05, 0.1) is 16.6 Å². The average molecular weight is 345 g/mol. The summed E-state index contributed by atoms with van der Waals surface area (Å²) in [5, 5.41) is 5.35. The van der Waals surface area contributed by atoms with Gasteiger partial charge in [-0.3, -0.25) is 9.48 Å². The zero-order valence-electron chi connectivity index (χ0n) is 16.8. The Morgan fingerprint density at radius 2 is 1.68 bits per heavy atom. The van der Waals surface area contributed by atoms with Gasteiger partial charge in [0.25, 0.3) is 5.91 Å². The third kappa shape index (κ3) is 4.59. The number of amides is 1. The number of carbonyl (C=O) groups is 1. The Morgan fingerprint density at radius 3 is 2.20 bits per heavy atom. The highest BCUT2D eigenvalue weighted by atomic mass is 16.2. The lowest BCUT2D eigenvalue weighted by molar-refractivity contribution is 0.0742. The molecule has 0 N–H and O–H groups in total. The SMILES string of the molecule is Cc1cc(C(=O)N(CCC(C)C)CCC(C)C)c2c(C)nn(C)c2n1. The van der Waals surface area contributed by atoms with E-state index >= 15 is 0 Å². The normalized spacial score (nSPS) is 11.7. The molecule has 2 aromatic rings. The first-order valence-corrected chi connectivity index (χ1v) is 9.31. The molecule has 0 unspecified atom stereocenters. The van der Waals surface area contributed by atoms with Crippen molar-refractivity contribution < 1.29 is 4.79 Å². The largest absolute Gasteiger partial charge is 0.339 e. The smallest absolute Gasteiger partial charge is 0.254 e. The van der Waals surface area contributed by atoms with E-state index in [-0.39, 0.29) is 5.91 Å². The lowest BCUT2D eigenvalue weighted by atomic mass is 10.1. The number of hydrogen-bond acceptors (Lipinski definition) is 3. The standard InChI is InChI=1S/C20H32N4O/c1-13(2)8-10-24(11-9-14(3)4)20(25)17-12-15(5)21-19-18(17)16(6)22-23(19)7/h12-14H,8-11H2,1-7H3. The maximum absolute atomic E-state index is 13.4. The van der Waals surface area contributed by atoms with Crippen molar-refractivity contribution in [2.45, 2.75) is 54.4 Å². The second-order valence-electron chi connectivity index (χ2n) is 7.88. The van der Waals surface area contributed by atoms with E-state index in [9.17, 15) is 4.79 Å². The first-order chi connectivity index (χ1) is 11.7. The Morgan fingerprint density at radius 1 is 1.12 bits per heavy atom. The van der Waals surface area contributed by atoms with E-state index in [1.54, 1.807) is 4.68 Å². The molecule has 2 rings (SSSR count). The summed E-state index contributed by atoms with van der Waals surface area (Å²) in [5.41, 5.74) is 3.24. The number of pyridine rings is 1. The minimum Gasteiger partial charge on any atom is -0.339 e. The fourth-order valence-electron chi connectivity index (χ4n) is 3.05. The molecule has 0 aliphatic heterocycles. The molecule has 138 valence electrons. The fourth-order valence-corrected chi connectivity index (χ4v) is 3.05. The van der Waals surface area contributed by atoms with Crippen molar-refractivity contribution >= 4 is 16.9 Å². The molecule has 0 aromatic carbocycles. The lowest BCUT2D eigenvalue weighted by Gasteiger charge is -2.25. The summed E-state index contributed by atoms with van der Waals surface area (Å²) in [6.07, 6.45) is 2.03. The van der Waals surface area contributed by atoms with Gasteiger partial charge in [-0.05, 0) is 44.6 Å². The number of aryl methyl sites for hydroxylation is 3. The van der Waals surface area contributed by atoms with E-state index in [4.69, 9.17) is 0 Å². The van der Waals surface area contributed by atoms with E-state index in [1.807, 2.05) is 31.9 Å². The predicted molar refractivity (Wildman–Crippen MR) is 103 cm³/mol. The number of aromatic nitrogens is 3. The second-order valence-corrected chi connectivity index (χ2v) is 7.88. The number of fused-ring (bicyclic) bond motifs is 1. The summed E-state index contributed by atoms with van der Waals surface area (Å²) >= 11 is 0. The van der Waals surface area contributed by atoms with E-state index in [0.717, 1.165) is 53.9 Å². The van der Waals surface area contributed by atoms with Gasteiger partial charge in [-0.1, -0.05) is 27.7 Å². The highest BCUT2D eigenvalue weighted by molar-refractivity contribution is 6.06. The van der Waals surface area contributed by atoms with Gasteiger partial charge < -0.3 is 4.90 Å². The lowest BCUT2D eigenvalue weighted by Crippen LogP contribution is -2.34. The van der Waals surface area contributed by atoms with Crippen LogP contribution in [0.1, 0.15) is 62.3 Å². The van der Waals surface area contributed by atoms with Crippen LogP contribution < -0.4 is 0 Å². The van der Waals surface area contributed by atoms with E-state index < -0.39 is 0 Å². The third-order valence-corrected chi connectivity index (χ3v) is 4.57. The zero-order valence-corrected chi connectivity index (χ0v) is 16.8.